The van der Waals surface area contributed by atoms with Gasteiger partial charge in [-0.25, -0.2) is 0 Å². The second-order valence-corrected chi connectivity index (χ2v) is 4.34. The molecule has 1 fully saturated rings. The fourth-order valence-electron chi connectivity index (χ4n) is 1.90. The molecule has 0 heterocycles. The molecule has 0 bridgehead atoms. The summed E-state index contributed by atoms with van der Waals surface area (Å²) in [6.07, 6.45) is 5.29. The van der Waals surface area contributed by atoms with Gasteiger partial charge in [0.2, 0.25) is 0 Å². The third-order valence-corrected chi connectivity index (χ3v) is 2.88. The number of rotatable bonds is 3. The molecule has 1 unspecified atom stereocenters. The van der Waals surface area contributed by atoms with Crippen LogP contribution in [-0.2, 0) is 4.84 Å². The minimum Gasteiger partial charge on any atom is -0.302 e. The van der Waals surface area contributed by atoms with Gasteiger partial charge in [0, 0.05) is 6.04 Å². The van der Waals surface area contributed by atoms with Crippen molar-refractivity contribution in [2.45, 2.75) is 52.5 Å². The minimum absolute atomic E-state index is 0.410. The zero-order valence-electron chi connectivity index (χ0n) is 8.52. The van der Waals surface area contributed by atoms with Crippen LogP contribution < -0.4 is 5.48 Å². The van der Waals surface area contributed by atoms with Gasteiger partial charge < -0.3 is 4.84 Å². The van der Waals surface area contributed by atoms with Gasteiger partial charge in [0.05, 0.1) is 6.61 Å². The molecule has 1 N–H and O–H groups in total. The van der Waals surface area contributed by atoms with Crippen molar-refractivity contribution in [3.05, 3.63) is 0 Å². The van der Waals surface area contributed by atoms with Gasteiger partial charge in [0.25, 0.3) is 0 Å². The average molecular weight is 171 g/mol. The predicted octanol–water partition coefficient (Wildman–Crippen LogP) is 2.50. The summed E-state index contributed by atoms with van der Waals surface area (Å²) >= 11 is 0. The minimum atomic E-state index is 0.410. The van der Waals surface area contributed by atoms with Crippen molar-refractivity contribution in [3.63, 3.8) is 0 Å². The van der Waals surface area contributed by atoms with E-state index in [0.29, 0.717) is 11.5 Å². The topological polar surface area (TPSA) is 21.3 Å². The maximum atomic E-state index is 5.26. The van der Waals surface area contributed by atoms with E-state index in [-0.39, 0.29) is 0 Å². The summed E-state index contributed by atoms with van der Waals surface area (Å²) < 4.78 is 0. The monoisotopic (exact) mass is 171 g/mol. The van der Waals surface area contributed by atoms with Gasteiger partial charge in [-0.2, -0.15) is 5.48 Å². The quantitative estimate of drug-likeness (QED) is 0.659. The van der Waals surface area contributed by atoms with E-state index in [4.69, 9.17) is 4.84 Å². The Labute approximate surface area is 75.6 Å². The van der Waals surface area contributed by atoms with Gasteiger partial charge in [-0.3, -0.25) is 0 Å². The summed E-state index contributed by atoms with van der Waals surface area (Å²) in [4.78, 5) is 5.26. The third-order valence-electron chi connectivity index (χ3n) is 2.88. The van der Waals surface area contributed by atoms with Crippen LogP contribution in [0, 0.1) is 5.41 Å². The SMILES string of the molecule is CCONC1CCCCC1(C)C. The molecule has 72 valence electrons. The van der Waals surface area contributed by atoms with Gasteiger partial charge in [-0.1, -0.05) is 26.7 Å². The molecule has 0 amide bonds. The summed E-state index contributed by atoms with van der Waals surface area (Å²) in [6, 6.07) is 0.547. The first kappa shape index (κ1) is 10.0. The Balaban J connectivity index is 2.37. The number of hydroxylamine groups is 1. The maximum Gasteiger partial charge on any atom is 0.0654 e. The molecule has 0 aromatic rings. The van der Waals surface area contributed by atoms with Crippen molar-refractivity contribution in [1.29, 1.82) is 0 Å². The van der Waals surface area contributed by atoms with E-state index in [9.17, 15) is 0 Å². The Morgan fingerprint density at radius 3 is 2.75 bits per heavy atom. The van der Waals surface area contributed by atoms with Gasteiger partial charge in [0.1, 0.15) is 0 Å². The lowest BCUT2D eigenvalue weighted by Crippen LogP contribution is -2.44. The van der Waals surface area contributed by atoms with E-state index < -0.39 is 0 Å². The van der Waals surface area contributed by atoms with Gasteiger partial charge in [0.15, 0.2) is 0 Å². The highest BCUT2D eigenvalue weighted by molar-refractivity contribution is 4.85. The highest BCUT2D eigenvalue weighted by Gasteiger charge is 2.31. The summed E-state index contributed by atoms with van der Waals surface area (Å²) in [6.45, 7) is 7.42. The summed E-state index contributed by atoms with van der Waals surface area (Å²) in [5.41, 5.74) is 3.57. The normalized spacial score (nSPS) is 28.8. The van der Waals surface area contributed by atoms with Gasteiger partial charge in [-0.15, -0.1) is 0 Å². The first-order valence-electron chi connectivity index (χ1n) is 5.04. The Hall–Kier alpha value is -0.0800. The van der Waals surface area contributed by atoms with E-state index in [1.165, 1.54) is 25.7 Å². The number of nitrogens with one attached hydrogen (secondary N) is 1. The van der Waals surface area contributed by atoms with Crippen LogP contribution in [0.4, 0.5) is 0 Å². The standard InChI is InChI=1S/C10H21NO/c1-4-12-11-9-7-5-6-8-10(9,2)3/h9,11H,4-8H2,1-3H3. The fraction of sp³-hybridized carbons (Fsp3) is 1.00. The van der Waals surface area contributed by atoms with Crippen molar-refractivity contribution in [2.75, 3.05) is 6.61 Å². The molecule has 0 saturated heterocycles. The van der Waals surface area contributed by atoms with Crippen LogP contribution in [-0.4, -0.2) is 12.6 Å². The Morgan fingerprint density at radius 2 is 2.17 bits per heavy atom. The molecule has 0 aliphatic heterocycles. The zero-order chi connectivity index (χ0) is 9.03. The van der Waals surface area contributed by atoms with Crippen LogP contribution in [0.5, 0.6) is 0 Å². The molecular formula is C10H21NO. The Bertz CT molecular complexity index is 134. The Kier molecular flexibility index (Phi) is 3.53. The van der Waals surface area contributed by atoms with Crippen LogP contribution in [0.2, 0.25) is 0 Å². The average Bonchev–Trinajstić information content (AvgIpc) is 2.02. The molecule has 0 aromatic heterocycles. The second-order valence-electron chi connectivity index (χ2n) is 4.34. The predicted molar refractivity (Wildman–Crippen MR) is 50.8 cm³/mol. The van der Waals surface area contributed by atoms with E-state index in [0.717, 1.165) is 6.61 Å². The first-order valence-corrected chi connectivity index (χ1v) is 5.04. The largest absolute Gasteiger partial charge is 0.302 e. The molecule has 1 aliphatic carbocycles. The fourth-order valence-corrected chi connectivity index (χ4v) is 1.90. The maximum absolute atomic E-state index is 5.26. The second kappa shape index (κ2) is 4.24. The molecular weight excluding hydrogens is 150 g/mol. The van der Waals surface area contributed by atoms with Crippen LogP contribution in [0.15, 0.2) is 0 Å². The molecule has 1 atom stereocenters. The van der Waals surface area contributed by atoms with Crippen LogP contribution in [0.3, 0.4) is 0 Å². The molecule has 12 heavy (non-hydrogen) atoms. The Morgan fingerprint density at radius 1 is 1.42 bits per heavy atom. The lowest BCUT2D eigenvalue weighted by molar-refractivity contribution is -0.0234. The number of hydrogen-bond acceptors (Lipinski definition) is 2. The van der Waals surface area contributed by atoms with Crippen LogP contribution in [0.25, 0.3) is 0 Å². The van der Waals surface area contributed by atoms with Crippen LogP contribution in [0.1, 0.15) is 46.5 Å². The molecule has 0 spiro atoms. The van der Waals surface area contributed by atoms with Gasteiger partial charge >= 0.3 is 0 Å². The lowest BCUT2D eigenvalue weighted by Gasteiger charge is -2.38. The molecule has 1 saturated carbocycles. The molecule has 0 radical (unpaired) electrons. The van der Waals surface area contributed by atoms with E-state index in [1.807, 2.05) is 6.92 Å². The van der Waals surface area contributed by atoms with Crippen molar-refractivity contribution >= 4 is 0 Å². The van der Waals surface area contributed by atoms with E-state index in [2.05, 4.69) is 19.3 Å². The molecule has 1 aliphatic rings. The van der Waals surface area contributed by atoms with Gasteiger partial charge in [-0.05, 0) is 25.2 Å². The number of hydrogen-bond donors (Lipinski definition) is 1. The van der Waals surface area contributed by atoms with Crippen molar-refractivity contribution in [1.82, 2.24) is 5.48 Å². The van der Waals surface area contributed by atoms with Crippen molar-refractivity contribution in [2.24, 2.45) is 5.41 Å². The first-order chi connectivity index (χ1) is 5.67. The third kappa shape index (κ3) is 2.46. The molecule has 2 heteroatoms. The van der Waals surface area contributed by atoms with Crippen molar-refractivity contribution in [3.8, 4) is 0 Å². The molecule has 0 aromatic carbocycles. The smallest absolute Gasteiger partial charge is 0.0654 e. The molecule has 2 nitrogen and oxygen atoms in total. The van der Waals surface area contributed by atoms with Crippen molar-refractivity contribution < 1.29 is 4.84 Å². The van der Waals surface area contributed by atoms with Crippen LogP contribution >= 0.6 is 0 Å². The van der Waals surface area contributed by atoms with E-state index >= 15 is 0 Å². The summed E-state index contributed by atoms with van der Waals surface area (Å²) in [5.74, 6) is 0. The highest BCUT2D eigenvalue weighted by Crippen LogP contribution is 2.35. The zero-order valence-corrected chi connectivity index (χ0v) is 8.52. The highest BCUT2D eigenvalue weighted by atomic mass is 16.6. The lowest BCUT2D eigenvalue weighted by atomic mass is 9.74. The summed E-state index contributed by atoms with van der Waals surface area (Å²) in [5, 5.41) is 0. The summed E-state index contributed by atoms with van der Waals surface area (Å²) in [7, 11) is 0. The van der Waals surface area contributed by atoms with E-state index in [1.54, 1.807) is 0 Å². The molecule has 1 rings (SSSR count).